The number of rotatable bonds is 4. The third kappa shape index (κ3) is 3.34. The van der Waals surface area contributed by atoms with Gasteiger partial charge in [-0.05, 0) is 52.2 Å². The van der Waals surface area contributed by atoms with Crippen molar-refractivity contribution < 1.29 is 8.42 Å². The molecule has 0 atom stereocenters. The van der Waals surface area contributed by atoms with Gasteiger partial charge in [0.05, 0.1) is 15.6 Å². The van der Waals surface area contributed by atoms with Crippen molar-refractivity contribution in [2.45, 2.75) is 18.2 Å². The van der Waals surface area contributed by atoms with Crippen molar-refractivity contribution in [2.24, 2.45) is 0 Å². The zero-order valence-electron chi connectivity index (χ0n) is 10.7. The first-order chi connectivity index (χ1) is 9.44. The first-order valence-corrected chi connectivity index (χ1v) is 8.65. The van der Waals surface area contributed by atoms with Crippen molar-refractivity contribution in [3.05, 3.63) is 57.5 Å². The van der Waals surface area contributed by atoms with Crippen LogP contribution >= 0.6 is 27.5 Å². The molecule has 0 aliphatic carbocycles. The molecule has 1 N–H and O–H groups in total. The fraction of sp³-hybridized carbons (Fsp3) is 0.143. The van der Waals surface area contributed by atoms with Gasteiger partial charge in [0.1, 0.15) is 0 Å². The minimum atomic E-state index is -3.62. The van der Waals surface area contributed by atoms with Crippen LogP contribution in [0.5, 0.6) is 0 Å². The number of aryl methyl sites for hydroxylation is 1. The number of hydrogen-bond donors (Lipinski definition) is 1. The molecule has 20 heavy (non-hydrogen) atoms. The van der Waals surface area contributed by atoms with Crippen molar-refractivity contribution >= 4 is 43.2 Å². The Labute approximate surface area is 132 Å². The monoisotopic (exact) mass is 373 g/mol. The maximum atomic E-state index is 12.4. The number of halogens is 2. The highest BCUT2D eigenvalue weighted by Crippen LogP contribution is 2.27. The molecule has 0 heterocycles. The number of anilines is 1. The number of nitrogens with one attached hydrogen (secondary N) is 1. The predicted octanol–water partition coefficient (Wildman–Crippen LogP) is 4.47. The maximum Gasteiger partial charge on any atom is 0.261 e. The zero-order chi connectivity index (χ0) is 14.8. The summed E-state index contributed by atoms with van der Waals surface area (Å²) in [5.41, 5.74) is 1.55. The van der Waals surface area contributed by atoms with E-state index in [1.807, 2.05) is 19.1 Å². The molecule has 0 saturated heterocycles. The van der Waals surface area contributed by atoms with E-state index in [4.69, 9.17) is 11.6 Å². The summed E-state index contributed by atoms with van der Waals surface area (Å²) in [5, 5.41) is 0.470. The van der Waals surface area contributed by atoms with Crippen LogP contribution in [-0.4, -0.2) is 8.42 Å². The lowest BCUT2D eigenvalue weighted by Gasteiger charge is -2.12. The molecule has 2 rings (SSSR count). The maximum absolute atomic E-state index is 12.4. The molecule has 0 fully saturated rings. The summed E-state index contributed by atoms with van der Waals surface area (Å²) < 4.78 is 27.9. The SMILES string of the molecule is CCc1ccccc1NS(=O)(=O)c1ccc(Cl)c(Br)c1. The Hall–Kier alpha value is -1.04. The van der Waals surface area contributed by atoms with Crippen LogP contribution in [0.1, 0.15) is 12.5 Å². The van der Waals surface area contributed by atoms with Gasteiger partial charge in [-0.1, -0.05) is 36.7 Å². The Bertz CT molecular complexity index is 732. The van der Waals surface area contributed by atoms with E-state index in [1.165, 1.54) is 12.1 Å². The van der Waals surface area contributed by atoms with Gasteiger partial charge in [0.2, 0.25) is 0 Å². The summed E-state index contributed by atoms with van der Waals surface area (Å²) >= 11 is 9.10. The summed E-state index contributed by atoms with van der Waals surface area (Å²) in [6.07, 6.45) is 0.753. The van der Waals surface area contributed by atoms with Gasteiger partial charge < -0.3 is 0 Å². The second kappa shape index (κ2) is 6.16. The van der Waals surface area contributed by atoms with Crippen molar-refractivity contribution in [2.75, 3.05) is 4.72 Å². The molecule has 2 aromatic carbocycles. The summed E-state index contributed by atoms with van der Waals surface area (Å²) in [6.45, 7) is 1.98. The fourth-order valence-corrected chi connectivity index (χ4v) is 3.55. The standard InChI is InChI=1S/C14H13BrClNO2S/c1-2-10-5-3-4-6-14(10)17-20(18,19)11-7-8-13(16)12(15)9-11/h3-9,17H,2H2,1H3. The highest BCUT2D eigenvalue weighted by molar-refractivity contribution is 9.10. The molecule has 0 saturated carbocycles. The largest absolute Gasteiger partial charge is 0.279 e. The smallest absolute Gasteiger partial charge is 0.261 e. The van der Waals surface area contributed by atoms with Crippen molar-refractivity contribution in [3.63, 3.8) is 0 Å². The van der Waals surface area contributed by atoms with Crippen molar-refractivity contribution in [1.29, 1.82) is 0 Å². The minimum absolute atomic E-state index is 0.166. The van der Waals surface area contributed by atoms with E-state index >= 15 is 0 Å². The van der Waals surface area contributed by atoms with E-state index < -0.39 is 10.0 Å². The first-order valence-electron chi connectivity index (χ1n) is 6.00. The van der Waals surface area contributed by atoms with Gasteiger partial charge >= 0.3 is 0 Å². The Kier molecular flexibility index (Phi) is 4.73. The summed E-state index contributed by atoms with van der Waals surface area (Å²) in [7, 11) is -3.62. The van der Waals surface area contributed by atoms with Crippen LogP contribution in [0.15, 0.2) is 51.8 Å². The average molecular weight is 375 g/mol. The lowest BCUT2D eigenvalue weighted by molar-refractivity contribution is 0.601. The number of sulfonamides is 1. The second-order valence-electron chi connectivity index (χ2n) is 4.19. The van der Waals surface area contributed by atoms with Gasteiger partial charge in [0, 0.05) is 4.47 Å². The van der Waals surface area contributed by atoms with E-state index in [1.54, 1.807) is 18.2 Å². The average Bonchev–Trinajstić information content (AvgIpc) is 2.42. The van der Waals surface area contributed by atoms with Gasteiger partial charge in [-0.2, -0.15) is 0 Å². The van der Waals surface area contributed by atoms with Crippen LogP contribution < -0.4 is 4.72 Å². The van der Waals surface area contributed by atoms with E-state index in [-0.39, 0.29) is 4.90 Å². The Morgan fingerprint density at radius 1 is 1.20 bits per heavy atom. The van der Waals surface area contributed by atoms with Crippen molar-refractivity contribution in [1.82, 2.24) is 0 Å². The van der Waals surface area contributed by atoms with Crippen LogP contribution in [0.2, 0.25) is 5.02 Å². The van der Waals surface area contributed by atoms with Crippen LogP contribution in [0, 0.1) is 0 Å². The van der Waals surface area contributed by atoms with Gasteiger partial charge in [-0.25, -0.2) is 8.42 Å². The normalized spacial score (nSPS) is 11.3. The summed E-state index contributed by atoms with van der Waals surface area (Å²) in [6, 6.07) is 11.8. The number of hydrogen-bond acceptors (Lipinski definition) is 2. The van der Waals surface area contributed by atoms with E-state index in [0.717, 1.165) is 12.0 Å². The topological polar surface area (TPSA) is 46.2 Å². The van der Waals surface area contributed by atoms with E-state index in [0.29, 0.717) is 15.2 Å². The molecule has 6 heteroatoms. The number of para-hydroxylation sites is 1. The van der Waals surface area contributed by atoms with Gasteiger partial charge in [0.15, 0.2) is 0 Å². The molecular formula is C14H13BrClNO2S. The van der Waals surface area contributed by atoms with Crippen LogP contribution in [-0.2, 0) is 16.4 Å². The summed E-state index contributed by atoms with van der Waals surface area (Å²) in [4.78, 5) is 0.166. The number of benzene rings is 2. The lowest BCUT2D eigenvalue weighted by Crippen LogP contribution is -2.14. The molecule has 0 aliphatic rings. The highest BCUT2D eigenvalue weighted by atomic mass is 79.9. The molecule has 0 amide bonds. The fourth-order valence-electron chi connectivity index (χ4n) is 1.78. The zero-order valence-corrected chi connectivity index (χ0v) is 13.9. The second-order valence-corrected chi connectivity index (χ2v) is 7.14. The molecule has 2 aromatic rings. The van der Waals surface area contributed by atoms with Crippen LogP contribution in [0.4, 0.5) is 5.69 Å². The Balaban J connectivity index is 2.38. The molecule has 0 radical (unpaired) electrons. The van der Waals surface area contributed by atoms with Crippen LogP contribution in [0.25, 0.3) is 0 Å². The van der Waals surface area contributed by atoms with Gasteiger partial charge in [0.25, 0.3) is 10.0 Å². The molecule has 0 bridgehead atoms. The third-order valence-electron chi connectivity index (χ3n) is 2.84. The van der Waals surface area contributed by atoms with Gasteiger partial charge in [-0.15, -0.1) is 0 Å². The Morgan fingerprint density at radius 3 is 2.55 bits per heavy atom. The quantitative estimate of drug-likeness (QED) is 0.858. The highest BCUT2D eigenvalue weighted by Gasteiger charge is 2.16. The first kappa shape index (κ1) is 15.4. The molecule has 0 aromatic heterocycles. The molecule has 0 unspecified atom stereocenters. The van der Waals surface area contributed by atoms with Crippen molar-refractivity contribution in [3.8, 4) is 0 Å². The molecule has 3 nitrogen and oxygen atoms in total. The predicted molar refractivity (Wildman–Crippen MR) is 85.8 cm³/mol. The minimum Gasteiger partial charge on any atom is -0.279 e. The van der Waals surface area contributed by atoms with Gasteiger partial charge in [-0.3, -0.25) is 4.72 Å². The Morgan fingerprint density at radius 2 is 1.90 bits per heavy atom. The van der Waals surface area contributed by atoms with E-state index in [2.05, 4.69) is 20.7 Å². The molecule has 0 aliphatic heterocycles. The van der Waals surface area contributed by atoms with E-state index in [9.17, 15) is 8.42 Å². The molecular weight excluding hydrogens is 362 g/mol. The lowest BCUT2D eigenvalue weighted by atomic mass is 10.1. The molecule has 106 valence electrons. The summed E-state index contributed by atoms with van der Waals surface area (Å²) in [5.74, 6) is 0. The molecule has 0 spiro atoms. The third-order valence-corrected chi connectivity index (χ3v) is 5.42. The van der Waals surface area contributed by atoms with Crippen LogP contribution in [0.3, 0.4) is 0 Å².